The molecule has 0 aliphatic carbocycles. The molecule has 0 bridgehead atoms. The van der Waals surface area contributed by atoms with E-state index in [4.69, 9.17) is 4.74 Å². The van der Waals surface area contributed by atoms with Crippen molar-refractivity contribution in [2.45, 2.75) is 13.5 Å². The molecule has 0 spiro atoms. The van der Waals surface area contributed by atoms with Crippen molar-refractivity contribution in [3.05, 3.63) is 70.5 Å². The maximum Gasteiger partial charge on any atom is 0.253 e. The fourth-order valence-electron chi connectivity index (χ4n) is 2.69. The van der Waals surface area contributed by atoms with Crippen molar-refractivity contribution in [3.8, 4) is 5.75 Å². The van der Waals surface area contributed by atoms with Crippen molar-refractivity contribution < 1.29 is 4.74 Å². The normalized spacial score (nSPS) is 10.7. The number of benzene rings is 2. The zero-order valence-electron chi connectivity index (χ0n) is 13.4. The van der Waals surface area contributed by atoms with Crippen LogP contribution in [0.2, 0.25) is 0 Å². The van der Waals surface area contributed by atoms with Gasteiger partial charge in [0, 0.05) is 29.9 Å². The first-order valence-corrected chi connectivity index (χ1v) is 7.71. The average molecular weight is 308 g/mol. The molecule has 2 aromatic carbocycles. The van der Waals surface area contributed by atoms with Crippen molar-refractivity contribution in [1.29, 1.82) is 0 Å². The molecule has 4 heteroatoms. The van der Waals surface area contributed by atoms with Crippen LogP contribution in [0.5, 0.6) is 5.75 Å². The van der Waals surface area contributed by atoms with Gasteiger partial charge in [-0.3, -0.25) is 4.79 Å². The van der Waals surface area contributed by atoms with Crippen LogP contribution in [-0.4, -0.2) is 18.6 Å². The number of nitrogens with zero attached hydrogens (tertiary/aromatic N) is 1. The van der Waals surface area contributed by atoms with E-state index in [9.17, 15) is 4.79 Å². The van der Waals surface area contributed by atoms with Crippen LogP contribution in [0.1, 0.15) is 12.5 Å². The van der Waals surface area contributed by atoms with Crippen LogP contribution in [0.3, 0.4) is 0 Å². The number of ether oxygens (including phenoxy) is 1. The Labute approximate surface area is 135 Å². The van der Waals surface area contributed by atoms with Gasteiger partial charge in [0.15, 0.2) is 0 Å². The minimum atomic E-state index is -0.0318. The summed E-state index contributed by atoms with van der Waals surface area (Å²) < 4.78 is 5.19. The molecule has 0 unspecified atom stereocenters. The van der Waals surface area contributed by atoms with Gasteiger partial charge in [-0.25, -0.2) is 0 Å². The number of para-hydroxylation sites is 1. The molecule has 23 heavy (non-hydrogen) atoms. The molecule has 0 aliphatic rings. The van der Waals surface area contributed by atoms with E-state index in [1.54, 1.807) is 7.11 Å². The standard InChI is InChI=1S/C19H20N2O2/c1-3-21(16-8-10-17(23-2)11-9-16)13-15-12-14-6-4-5-7-18(14)20-19(15)22/h4-12H,3,13H2,1-2H3,(H,20,22). The molecule has 0 atom stereocenters. The summed E-state index contributed by atoms with van der Waals surface area (Å²) in [4.78, 5) is 17.4. The molecule has 1 aromatic heterocycles. The highest BCUT2D eigenvalue weighted by atomic mass is 16.5. The maximum absolute atomic E-state index is 12.3. The van der Waals surface area contributed by atoms with E-state index in [0.29, 0.717) is 6.54 Å². The van der Waals surface area contributed by atoms with Crippen molar-refractivity contribution in [2.75, 3.05) is 18.6 Å². The lowest BCUT2D eigenvalue weighted by molar-refractivity contribution is 0.415. The second-order valence-electron chi connectivity index (χ2n) is 5.42. The van der Waals surface area contributed by atoms with E-state index in [1.165, 1.54) is 0 Å². The molecule has 0 radical (unpaired) electrons. The van der Waals surface area contributed by atoms with Gasteiger partial charge in [0.25, 0.3) is 5.56 Å². The third-order valence-corrected chi connectivity index (χ3v) is 4.01. The van der Waals surface area contributed by atoms with E-state index in [2.05, 4.69) is 16.8 Å². The first-order valence-electron chi connectivity index (χ1n) is 7.71. The molecule has 3 aromatic rings. The Hall–Kier alpha value is -2.75. The van der Waals surface area contributed by atoms with E-state index in [-0.39, 0.29) is 5.56 Å². The molecule has 0 aliphatic heterocycles. The van der Waals surface area contributed by atoms with Gasteiger partial charge in [-0.05, 0) is 48.7 Å². The van der Waals surface area contributed by atoms with Crippen molar-refractivity contribution in [1.82, 2.24) is 4.98 Å². The smallest absolute Gasteiger partial charge is 0.253 e. The summed E-state index contributed by atoms with van der Waals surface area (Å²) in [7, 11) is 1.65. The van der Waals surface area contributed by atoms with Crippen LogP contribution in [0.15, 0.2) is 59.4 Å². The number of aromatic amines is 1. The first-order chi connectivity index (χ1) is 11.2. The third kappa shape index (κ3) is 3.21. The summed E-state index contributed by atoms with van der Waals surface area (Å²) in [6.45, 7) is 3.47. The Morgan fingerprint density at radius 3 is 2.52 bits per heavy atom. The Morgan fingerprint density at radius 2 is 1.83 bits per heavy atom. The molecule has 0 fully saturated rings. The van der Waals surface area contributed by atoms with Crippen LogP contribution in [0, 0.1) is 0 Å². The Morgan fingerprint density at radius 1 is 1.09 bits per heavy atom. The van der Waals surface area contributed by atoms with E-state index in [1.807, 2.05) is 54.6 Å². The number of hydrogen-bond donors (Lipinski definition) is 1. The lowest BCUT2D eigenvalue weighted by Gasteiger charge is -2.23. The van der Waals surface area contributed by atoms with Gasteiger partial charge in [0.2, 0.25) is 0 Å². The summed E-state index contributed by atoms with van der Waals surface area (Å²) in [6.07, 6.45) is 0. The van der Waals surface area contributed by atoms with Gasteiger partial charge >= 0.3 is 0 Å². The predicted octanol–water partition coefficient (Wildman–Crippen LogP) is 3.56. The Balaban J connectivity index is 1.91. The van der Waals surface area contributed by atoms with Crippen LogP contribution in [0.25, 0.3) is 10.9 Å². The quantitative estimate of drug-likeness (QED) is 0.784. The molecule has 1 N–H and O–H groups in total. The van der Waals surface area contributed by atoms with Gasteiger partial charge in [0.05, 0.1) is 7.11 Å². The molecule has 4 nitrogen and oxygen atoms in total. The van der Waals surface area contributed by atoms with Gasteiger partial charge in [-0.2, -0.15) is 0 Å². The second-order valence-corrected chi connectivity index (χ2v) is 5.42. The monoisotopic (exact) mass is 308 g/mol. The number of anilines is 1. The summed E-state index contributed by atoms with van der Waals surface area (Å²) in [5.74, 6) is 0.827. The fourth-order valence-corrected chi connectivity index (χ4v) is 2.69. The number of nitrogens with one attached hydrogen (secondary N) is 1. The van der Waals surface area contributed by atoms with Crippen molar-refractivity contribution in [3.63, 3.8) is 0 Å². The van der Waals surface area contributed by atoms with Crippen LogP contribution < -0.4 is 15.2 Å². The minimum absolute atomic E-state index is 0.0318. The minimum Gasteiger partial charge on any atom is -0.497 e. The molecule has 118 valence electrons. The molecular formula is C19H20N2O2. The number of methoxy groups -OCH3 is 1. The first kappa shape index (κ1) is 15.2. The number of rotatable bonds is 5. The number of aromatic nitrogens is 1. The Bertz CT molecular complexity index is 853. The third-order valence-electron chi connectivity index (χ3n) is 4.01. The van der Waals surface area contributed by atoms with E-state index >= 15 is 0 Å². The lowest BCUT2D eigenvalue weighted by Crippen LogP contribution is -2.26. The van der Waals surface area contributed by atoms with Gasteiger partial charge < -0.3 is 14.6 Å². The largest absolute Gasteiger partial charge is 0.497 e. The van der Waals surface area contributed by atoms with Gasteiger partial charge in [-0.1, -0.05) is 18.2 Å². The van der Waals surface area contributed by atoms with Crippen LogP contribution >= 0.6 is 0 Å². The predicted molar refractivity (Wildman–Crippen MR) is 94.3 cm³/mol. The zero-order chi connectivity index (χ0) is 16.2. The highest BCUT2D eigenvalue weighted by Gasteiger charge is 2.09. The Kier molecular flexibility index (Phi) is 4.33. The maximum atomic E-state index is 12.3. The molecule has 0 saturated heterocycles. The number of H-pyrrole nitrogens is 1. The number of pyridine rings is 1. The van der Waals surface area contributed by atoms with Crippen LogP contribution in [-0.2, 0) is 6.54 Å². The van der Waals surface area contributed by atoms with E-state index < -0.39 is 0 Å². The lowest BCUT2D eigenvalue weighted by atomic mass is 10.1. The fraction of sp³-hybridized carbons (Fsp3) is 0.211. The van der Waals surface area contributed by atoms with Crippen molar-refractivity contribution >= 4 is 16.6 Å². The van der Waals surface area contributed by atoms with Gasteiger partial charge in [-0.15, -0.1) is 0 Å². The SMILES string of the molecule is CCN(Cc1cc2ccccc2[nH]c1=O)c1ccc(OC)cc1. The zero-order valence-corrected chi connectivity index (χ0v) is 13.4. The number of fused-ring (bicyclic) bond motifs is 1. The summed E-state index contributed by atoms with van der Waals surface area (Å²) in [5.41, 5.74) is 2.67. The van der Waals surface area contributed by atoms with Crippen molar-refractivity contribution in [2.24, 2.45) is 0 Å². The molecule has 3 rings (SSSR count). The molecule has 1 heterocycles. The molecule has 0 saturated carbocycles. The van der Waals surface area contributed by atoms with Gasteiger partial charge in [0.1, 0.15) is 5.75 Å². The highest BCUT2D eigenvalue weighted by Crippen LogP contribution is 2.21. The molecular weight excluding hydrogens is 288 g/mol. The van der Waals surface area contributed by atoms with Crippen LogP contribution in [0.4, 0.5) is 5.69 Å². The number of hydrogen-bond acceptors (Lipinski definition) is 3. The summed E-state index contributed by atoms with van der Waals surface area (Å²) in [6, 6.07) is 17.7. The topological polar surface area (TPSA) is 45.3 Å². The summed E-state index contributed by atoms with van der Waals surface area (Å²) in [5, 5.41) is 1.05. The average Bonchev–Trinajstić information content (AvgIpc) is 2.60. The second kappa shape index (κ2) is 6.57. The highest BCUT2D eigenvalue weighted by molar-refractivity contribution is 5.78. The van der Waals surface area contributed by atoms with E-state index in [0.717, 1.165) is 34.4 Å². The summed E-state index contributed by atoms with van der Waals surface area (Å²) >= 11 is 0. The molecule has 0 amide bonds.